The second kappa shape index (κ2) is 9.93. The van der Waals surface area contributed by atoms with Crippen molar-refractivity contribution in [3.05, 3.63) is 51.1 Å². The predicted molar refractivity (Wildman–Crippen MR) is 98.7 cm³/mol. The molecule has 0 aliphatic rings. The normalized spacial score (nSPS) is 13.8. The van der Waals surface area contributed by atoms with Crippen LogP contribution in [0.5, 0.6) is 5.75 Å². The summed E-state index contributed by atoms with van der Waals surface area (Å²) >= 11 is -2.58. The Balaban J connectivity index is 2.90. The second-order valence-corrected chi connectivity index (χ2v) is 10.9. The van der Waals surface area contributed by atoms with Gasteiger partial charge in [0.2, 0.25) is 0 Å². The summed E-state index contributed by atoms with van der Waals surface area (Å²) in [6.07, 6.45) is -12.0. The summed E-state index contributed by atoms with van der Waals surface area (Å²) in [7, 11) is -4.73. The van der Waals surface area contributed by atoms with Crippen LogP contribution in [0.15, 0.2) is 36.4 Å². The molecule has 2 aromatic rings. The minimum atomic E-state index is -6.08. The van der Waals surface area contributed by atoms with Crippen LogP contribution in [-0.4, -0.2) is 40.5 Å². The number of ether oxygens (including phenoxy) is 2. The molecule has 0 saturated heterocycles. The molecule has 0 aliphatic carbocycles. The van der Waals surface area contributed by atoms with Crippen LogP contribution in [0.2, 0.25) is 0 Å². The number of aryl methyl sites for hydroxylation is 1. The maximum absolute atomic E-state index is 14.0. The van der Waals surface area contributed by atoms with Crippen molar-refractivity contribution in [3.63, 3.8) is 0 Å². The van der Waals surface area contributed by atoms with Crippen molar-refractivity contribution in [2.45, 2.75) is 30.4 Å². The Kier molecular flexibility index (Phi) is 8.35. The van der Waals surface area contributed by atoms with Crippen LogP contribution in [0, 0.1) is 10.5 Å². The molecule has 0 saturated carbocycles. The molecular formula is C19H15F9IO5S-. The molecule has 16 heteroatoms. The van der Waals surface area contributed by atoms with Gasteiger partial charge in [0.1, 0.15) is 0 Å². The fraction of sp³-hybridized carbons (Fsp3) is 0.368. The van der Waals surface area contributed by atoms with Crippen molar-refractivity contribution in [3.8, 4) is 16.9 Å². The number of halogens is 10. The van der Waals surface area contributed by atoms with E-state index in [4.69, 9.17) is 4.74 Å². The molecule has 0 fully saturated rings. The second-order valence-electron chi connectivity index (χ2n) is 6.76. The van der Waals surface area contributed by atoms with Crippen LogP contribution in [0.3, 0.4) is 0 Å². The summed E-state index contributed by atoms with van der Waals surface area (Å²) in [6, 6.07) is 6.04. The molecule has 35 heavy (non-hydrogen) atoms. The molecule has 0 N–H and O–H groups in total. The van der Waals surface area contributed by atoms with Gasteiger partial charge in [0.25, 0.3) is 0 Å². The Hall–Kier alpha value is -1.79. The third-order valence-corrected chi connectivity index (χ3v) is 8.84. The van der Waals surface area contributed by atoms with E-state index in [1.54, 1.807) is 0 Å². The van der Waals surface area contributed by atoms with Crippen LogP contribution >= 0.6 is 0 Å². The first-order valence-corrected chi connectivity index (χ1v) is 12.3. The Morgan fingerprint density at radius 3 is 1.86 bits per heavy atom. The SMILES string of the molecule is COc1ccc([I-]OS(=O)(=O)C(F)(F)F)c(-c2cccc(C)c2C(OC)(C(F)(F)F)C(F)(F)F)c1. The molecular weight excluding hydrogens is 638 g/mol. The van der Waals surface area contributed by atoms with E-state index >= 15 is 0 Å². The molecule has 198 valence electrons. The van der Waals surface area contributed by atoms with Gasteiger partial charge < -0.3 is 0 Å². The van der Waals surface area contributed by atoms with Gasteiger partial charge in [-0.2, -0.15) is 0 Å². The summed E-state index contributed by atoms with van der Waals surface area (Å²) in [5.41, 5.74) is -13.7. The molecule has 0 aliphatic heterocycles. The van der Waals surface area contributed by atoms with Crippen LogP contribution in [0.4, 0.5) is 39.5 Å². The van der Waals surface area contributed by atoms with Crippen molar-refractivity contribution in [2.75, 3.05) is 14.2 Å². The molecule has 0 radical (unpaired) electrons. The quantitative estimate of drug-likeness (QED) is 0.262. The Labute approximate surface area is 204 Å². The average molecular weight is 653 g/mol. The van der Waals surface area contributed by atoms with Gasteiger partial charge in [-0.1, -0.05) is 0 Å². The molecule has 2 aromatic carbocycles. The topological polar surface area (TPSA) is 61.8 Å². The standard InChI is InChI=1S/C19H15F9IO5S/c1-10-5-4-6-12(15(10)16(33-3,17(20,21)22)18(23,24)25)13-9-11(32-2)7-8-14(13)29-34-35(30,31)19(26,27)28/h4-9H,1-3H3/q-1. The number of hydrogen-bond donors (Lipinski definition) is 0. The number of benzene rings is 2. The summed E-state index contributed by atoms with van der Waals surface area (Å²) in [6.45, 7) is 0.962. The first kappa shape index (κ1) is 29.4. The van der Waals surface area contributed by atoms with Crippen molar-refractivity contribution in [1.82, 2.24) is 0 Å². The molecule has 2 rings (SSSR count). The molecule has 0 amide bonds. The maximum atomic E-state index is 14.0. The van der Waals surface area contributed by atoms with Gasteiger partial charge in [-0.3, -0.25) is 0 Å². The van der Waals surface area contributed by atoms with Gasteiger partial charge in [0.05, 0.1) is 0 Å². The predicted octanol–water partition coefficient (Wildman–Crippen LogP) is 2.68. The Morgan fingerprint density at radius 1 is 0.829 bits per heavy atom. The zero-order chi connectivity index (χ0) is 27.0. The molecule has 0 bridgehead atoms. The fourth-order valence-electron chi connectivity index (χ4n) is 3.15. The first-order valence-electron chi connectivity index (χ1n) is 8.96. The van der Waals surface area contributed by atoms with Gasteiger partial charge in [0.15, 0.2) is 0 Å². The van der Waals surface area contributed by atoms with Gasteiger partial charge >= 0.3 is 204 Å². The van der Waals surface area contributed by atoms with Crippen molar-refractivity contribution >= 4 is 10.1 Å². The minimum absolute atomic E-state index is 0.0825. The monoisotopic (exact) mass is 653 g/mol. The number of hydrogen-bond acceptors (Lipinski definition) is 5. The zero-order valence-electron chi connectivity index (χ0n) is 17.7. The van der Waals surface area contributed by atoms with E-state index in [1.165, 1.54) is 0 Å². The van der Waals surface area contributed by atoms with Gasteiger partial charge in [-0.25, -0.2) is 0 Å². The van der Waals surface area contributed by atoms with E-state index < -0.39 is 77.5 Å². The number of alkyl halides is 9. The van der Waals surface area contributed by atoms with Crippen LogP contribution in [-0.2, 0) is 23.0 Å². The van der Waals surface area contributed by atoms with Crippen molar-refractivity contribution in [1.29, 1.82) is 0 Å². The van der Waals surface area contributed by atoms with E-state index in [1.807, 2.05) is 0 Å². The Morgan fingerprint density at radius 2 is 1.40 bits per heavy atom. The third-order valence-electron chi connectivity index (χ3n) is 4.67. The van der Waals surface area contributed by atoms with Crippen LogP contribution < -0.4 is 26.4 Å². The third kappa shape index (κ3) is 5.48. The molecule has 0 aromatic heterocycles. The molecule has 0 atom stereocenters. The summed E-state index contributed by atoms with van der Waals surface area (Å²) in [4.78, 5) is 0. The number of methoxy groups -OCH3 is 2. The first-order chi connectivity index (χ1) is 15.8. The molecule has 0 spiro atoms. The van der Waals surface area contributed by atoms with Crippen molar-refractivity contribution in [2.24, 2.45) is 0 Å². The Bertz CT molecular complexity index is 1160. The summed E-state index contributed by atoms with van der Waals surface area (Å²) in [5, 5.41) is 0. The molecule has 0 unspecified atom stereocenters. The zero-order valence-corrected chi connectivity index (χ0v) is 20.7. The van der Waals surface area contributed by atoms with E-state index in [0.717, 1.165) is 50.4 Å². The van der Waals surface area contributed by atoms with E-state index in [9.17, 15) is 47.9 Å². The van der Waals surface area contributed by atoms with E-state index in [-0.39, 0.29) is 16.4 Å². The molecule has 0 heterocycles. The number of rotatable bonds is 7. The van der Waals surface area contributed by atoms with Gasteiger partial charge in [0, 0.05) is 0 Å². The summed E-state index contributed by atoms with van der Waals surface area (Å²) in [5.74, 6) is -0.0825. The van der Waals surface area contributed by atoms with Crippen LogP contribution in [0.1, 0.15) is 11.1 Å². The summed E-state index contributed by atoms with van der Waals surface area (Å²) < 4.78 is 158. The van der Waals surface area contributed by atoms with E-state index in [2.05, 4.69) is 7.25 Å². The van der Waals surface area contributed by atoms with Crippen LogP contribution in [0.25, 0.3) is 11.1 Å². The van der Waals surface area contributed by atoms with Gasteiger partial charge in [-0.05, 0) is 0 Å². The average Bonchev–Trinajstić information content (AvgIpc) is 2.71. The fourth-order valence-corrected chi connectivity index (χ4v) is 6.29. The van der Waals surface area contributed by atoms with E-state index in [0.29, 0.717) is 0 Å². The van der Waals surface area contributed by atoms with Gasteiger partial charge in [-0.15, -0.1) is 0 Å². The molecule has 5 nitrogen and oxygen atoms in total. The van der Waals surface area contributed by atoms with Crippen molar-refractivity contribution < 1.29 is 81.5 Å².